The Labute approximate surface area is 193 Å². The molecule has 0 spiro atoms. The van der Waals surface area contributed by atoms with Crippen molar-refractivity contribution in [2.45, 2.75) is 50.2 Å². The number of aromatic nitrogens is 3. The van der Waals surface area contributed by atoms with Crippen LogP contribution in [-0.4, -0.2) is 52.3 Å². The maximum atomic E-state index is 14.5. The van der Waals surface area contributed by atoms with E-state index in [1.165, 1.54) is 12.3 Å². The van der Waals surface area contributed by atoms with Crippen LogP contribution in [0.2, 0.25) is 0 Å². The Hall–Kier alpha value is -3.34. The fourth-order valence-electron chi connectivity index (χ4n) is 4.64. The Balaban J connectivity index is 1.28. The number of nitrogens with one attached hydrogen (secondary N) is 4. The van der Waals surface area contributed by atoms with Crippen LogP contribution in [0.15, 0.2) is 24.5 Å². The largest absolute Gasteiger partial charge is 0.379 e. The maximum Gasteiger partial charge on any atom is 0.315 e. The van der Waals surface area contributed by atoms with Gasteiger partial charge in [-0.3, -0.25) is 0 Å². The van der Waals surface area contributed by atoms with Gasteiger partial charge >= 0.3 is 6.03 Å². The van der Waals surface area contributed by atoms with E-state index in [-0.39, 0.29) is 46.7 Å². The molecule has 0 bridgehead atoms. The van der Waals surface area contributed by atoms with Crippen LogP contribution in [0.1, 0.15) is 32.1 Å². The van der Waals surface area contributed by atoms with E-state index in [1.807, 2.05) is 0 Å². The van der Waals surface area contributed by atoms with Gasteiger partial charge in [0.2, 0.25) is 0 Å². The van der Waals surface area contributed by atoms with Gasteiger partial charge in [-0.15, -0.1) is 0 Å². The standard InChI is InChI=1S/C23H25F3N6O2/c24-12-6-16-17(9-27-20(16)18(25)7-12)21-28-10-19(26)22(32-21)29-13-2-1-3-14(8-13)30-23(33)31-15-4-5-34-11-15/h6-7,9-10,13-15,27H,1-5,8,11H2,(H,28,29,32)(H2,30,31,33)/t13-,14+,15?/m0/s1. The van der Waals surface area contributed by atoms with Gasteiger partial charge in [0.05, 0.1) is 24.4 Å². The summed E-state index contributed by atoms with van der Waals surface area (Å²) < 4.78 is 47.6. The molecule has 5 rings (SSSR count). The number of hydrogen-bond donors (Lipinski definition) is 4. The Morgan fingerprint density at radius 3 is 2.71 bits per heavy atom. The lowest BCUT2D eigenvalue weighted by molar-refractivity contribution is 0.187. The van der Waals surface area contributed by atoms with Gasteiger partial charge in [0, 0.05) is 41.9 Å². The molecule has 2 amide bonds. The third kappa shape index (κ3) is 4.79. The number of carbonyl (C=O) groups is 1. The monoisotopic (exact) mass is 474 g/mol. The van der Waals surface area contributed by atoms with E-state index in [0.717, 1.165) is 37.9 Å². The van der Waals surface area contributed by atoms with E-state index in [0.29, 0.717) is 25.2 Å². The van der Waals surface area contributed by atoms with Gasteiger partial charge in [-0.1, -0.05) is 0 Å². The number of ether oxygens (including phenoxy) is 1. The molecule has 11 heteroatoms. The average Bonchev–Trinajstić information content (AvgIpc) is 3.45. The van der Waals surface area contributed by atoms with Gasteiger partial charge < -0.3 is 25.7 Å². The summed E-state index contributed by atoms with van der Waals surface area (Å²) in [6.07, 6.45) is 6.39. The topological polar surface area (TPSA) is 104 Å². The second kappa shape index (κ2) is 9.49. The number of H-pyrrole nitrogens is 1. The zero-order chi connectivity index (χ0) is 23.7. The van der Waals surface area contributed by atoms with Crippen molar-refractivity contribution in [3.05, 3.63) is 42.0 Å². The van der Waals surface area contributed by atoms with Crippen LogP contribution in [0.3, 0.4) is 0 Å². The minimum absolute atomic E-state index is 0.00873. The van der Waals surface area contributed by atoms with Crippen LogP contribution >= 0.6 is 0 Å². The molecule has 180 valence electrons. The number of amides is 2. The molecule has 2 fully saturated rings. The summed E-state index contributed by atoms with van der Waals surface area (Å²) in [7, 11) is 0. The maximum absolute atomic E-state index is 14.5. The molecule has 3 aromatic rings. The van der Waals surface area contributed by atoms with Crippen molar-refractivity contribution >= 4 is 22.8 Å². The van der Waals surface area contributed by atoms with E-state index in [4.69, 9.17) is 4.74 Å². The number of hydrogen-bond acceptors (Lipinski definition) is 5. The lowest BCUT2D eigenvalue weighted by atomic mass is 9.91. The Kier molecular flexibility index (Phi) is 6.27. The molecule has 2 aliphatic rings. The highest BCUT2D eigenvalue weighted by Gasteiger charge is 2.26. The van der Waals surface area contributed by atoms with Gasteiger partial charge in [0.25, 0.3) is 0 Å². The van der Waals surface area contributed by atoms with Gasteiger partial charge in [-0.05, 0) is 38.2 Å². The summed E-state index contributed by atoms with van der Waals surface area (Å²) in [5.74, 6) is -1.93. The minimum Gasteiger partial charge on any atom is -0.379 e. The van der Waals surface area contributed by atoms with Crippen LogP contribution in [-0.2, 0) is 4.74 Å². The molecule has 2 aromatic heterocycles. The Morgan fingerprint density at radius 2 is 1.88 bits per heavy atom. The molecular formula is C23H25F3N6O2. The van der Waals surface area contributed by atoms with Crippen LogP contribution in [0, 0.1) is 17.5 Å². The molecule has 1 saturated carbocycles. The molecule has 3 heterocycles. The van der Waals surface area contributed by atoms with Crippen LogP contribution in [0.4, 0.5) is 23.8 Å². The number of urea groups is 1. The van der Waals surface area contributed by atoms with Crippen molar-refractivity contribution in [2.75, 3.05) is 18.5 Å². The van der Waals surface area contributed by atoms with Crippen molar-refractivity contribution in [1.82, 2.24) is 25.6 Å². The highest BCUT2D eigenvalue weighted by molar-refractivity contribution is 5.94. The highest BCUT2D eigenvalue weighted by atomic mass is 19.1. The smallest absolute Gasteiger partial charge is 0.315 e. The van der Waals surface area contributed by atoms with Crippen LogP contribution < -0.4 is 16.0 Å². The van der Waals surface area contributed by atoms with Crippen LogP contribution in [0.5, 0.6) is 0 Å². The molecule has 1 aliphatic heterocycles. The van der Waals surface area contributed by atoms with E-state index < -0.39 is 17.5 Å². The molecule has 1 unspecified atom stereocenters. The predicted octanol–water partition coefficient (Wildman–Crippen LogP) is 3.85. The van der Waals surface area contributed by atoms with E-state index in [1.54, 1.807) is 0 Å². The third-order valence-electron chi connectivity index (χ3n) is 6.31. The van der Waals surface area contributed by atoms with Crippen molar-refractivity contribution in [3.63, 3.8) is 0 Å². The first-order valence-corrected chi connectivity index (χ1v) is 11.4. The quantitative estimate of drug-likeness (QED) is 0.450. The average molecular weight is 474 g/mol. The van der Waals surface area contributed by atoms with E-state index in [9.17, 15) is 18.0 Å². The number of nitrogens with zero attached hydrogens (tertiary/aromatic N) is 2. The summed E-state index contributed by atoms with van der Waals surface area (Å²) in [6, 6.07) is 1.61. The molecule has 34 heavy (non-hydrogen) atoms. The number of halogens is 3. The highest BCUT2D eigenvalue weighted by Crippen LogP contribution is 2.30. The predicted molar refractivity (Wildman–Crippen MR) is 120 cm³/mol. The summed E-state index contributed by atoms with van der Waals surface area (Å²) in [5, 5.41) is 9.30. The second-order valence-electron chi connectivity index (χ2n) is 8.79. The number of anilines is 1. The minimum atomic E-state index is -0.730. The SMILES string of the molecule is O=C(NC1CCOC1)N[C@@H]1CCC[C@H](Nc2nc(-c3c[nH]c4c(F)cc(F)cc34)ncc2F)C1. The van der Waals surface area contributed by atoms with E-state index in [2.05, 4.69) is 30.9 Å². The summed E-state index contributed by atoms with van der Waals surface area (Å²) in [6.45, 7) is 1.17. The number of aromatic amines is 1. The number of fused-ring (bicyclic) bond motifs is 1. The molecule has 1 saturated heterocycles. The fourth-order valence-corrected chi connectivity index (χ4v) is 4.64. The molecule has 0 radical (unpaired) electrons. The first kappa shape index (κ1) is 22.5. The number of carbonyl (C=O) groups excluding carboxylic acids is 1. The molecular weight excluding hydrogens is 449 g/mol. The zero-order valence-electron chi connectivity index (χ0n) is 18.3. The summed E-state index contributed by atoms with van der Waals surface area (Å²) >= 11 is 0. The lowest BCUT2D eigenvalue weighted by Gasteiger charge is -2.31. The van der Waals surface area contributed by atoms with Gasteiger partial charge in [0.1, 0.15) is 11.6 Å². The summed E-state index contributed by atoms with van der Waals surface area (Å²) in [5.41, 5.74) is 0.495. The second-order valence-corrected chi connectivity index (χ2v) is 8.79. The van der Waals surface area contributed by atoms with Crippen molar-refractivity contribution < 1.29 is 22.7 Å². The number of benzene rings is 1. The molecule has 4 N–H and O–H groups in total. The van der Waals surface area contributed by atoms with Gasteiger partial charge in [-0.2, -0.15) is 0 Å². The first-order valence-electron chi connectivity index (χ1n) is 11.4. The fraction of sp³-hybridized carbons (Fsp3) is 0.435. The normalized spacial score (nSPS) is 22.6. The summed E-state index contributed by atoms with van der Waals surface area (Å²) in [4.78, 5) is 23.4. The molecule has 8 nitrogen and oxygen atoms in total. The first-order chi connectivity index (χ1) is 16.5. The van der Waals surface area contributed by atoms with Crippen molar-refractivity contribution in [3.8, 4) is 11.4 Å². The Bertz CT molecular complexity index is 1200. The molecule has 1 aliphatic carbocycles. The third-order valence-corrected chi connectivity index (χ3v) is 6.31. The van der Waals surface area contributed by atoms with E-state index >= 15 is 0 Å². The van der Waals surface area contributed by atoms with Gasteiger partial charge in [0.15, 0.2) is 17.5 Å². The zero-order valence-corrected chi connectivity index (χ0v) is 18.3. The van der Waals surface area contributed by atoms with Crippen molar-refractivity contribution in [1.29, 1.82) is 0 Å². The van der Waals surface area contributed by atoms with Crippen LogP contribution in [0.25, 0.3) is 22.3 Å². The van der Waals surface area contributed by atoms with Crippen molar-refractivity contribution in [2.24, 2.45) is 0 Å². The molecule has 1 aromatic carbocycles. The molecule has 3 atom stereocenters. The lowest BCUT2D eigenvalue weighted by Crippen LogP contribution is -2.49. The Morgan fingerprint density at radius 1 is 1.06 bits per heavy atom. The van der Waals surface area contributed by atoms with Gasteiger partial charge in [-0.25, -0.2) is 27.9 Å². The number of rotatable bonds is 5.